The molecule has 0 spiro atoms. The van der Waals surface area contributed by atoms with E-state index >= 15 is 0 Å². The van der Waals surface area contributed by atoms with Crippen LogP contribution in [0.15, 0.2) is 30.9 Å². The molecular weight excluding hydrogens is 351 g/mol. The molecule has 1 unspecified atom stereocenters. The van der Waals surface area contributed by atoms with Crippen LogP contribution >= 0.6 is 0 Å². The van der Waals surface area contributed by atoms with E-state index in [9.17, 15) is 18.0 Å². The van der Waals surface area contributed by atoms with Crippen molar-refractivity contribution in [3.63, 3.8) is 0 Å². The number of pyridine rings is 1. The molecular formula is C16H16F3N5O2. The summed E-state index contributed by atoms with van der Waals surface area (Å²) in [6, 6.07) is 1.46. The summed E-state index contributed by atoms with van der Waals surface area (Å²) in [6.45, 7) is 3.83. The molecule has 3 rings (SSSR count). The van der Waals surface area contributed by atoms with Crippen LogP contribution in [0.25, 0.3) is 11.0 Å². The van der Waals surface area contributed by atoms with Crippen LogP contribution in [0, 0.1) is 0 Å². The van der Waals surface area contributed by atoms with E-state index in [1.165, 1.54) is 37.9 Å². The van der Waals surface area contributed by atoms with E-state index in [0.29, 0.717) is 11.0 Å². The summed E-state index contributed by atoms with van der Waals surface area (Å²) in [5.41, 5.74) is 0.442. The van der Waals surface area contributed by atoms with Crippen molar-refractivity contribution in [2.24, 2.45) is 7.05 Å². The Bertz CT molecular complexity index is 945. The number of carbonyl (C=O) groups excluding carboxylic acids is 1. The van der Waals surface area contributed by atoms with Crippen molar-refractivity contribution in [2.75, 3.05) is 0 Å². The zero-order valence-electron chi connectivity index (χ0n) is 14.2. The lowest BCUT2D eigenvalue weighted by molar-refractivity contribution is -0.210. The molecule has 3 heterocycles. The van der Waals surface area contributed by atoms with E-state index in [0.717, 1.165) is 4.57 Å². The molecule has 3 aromatic heterocycles. The van der Waals surface area contributed by atoms with Gasteiger partial charge in [0.1, 0.15) is 0 Å². The first kappa shape index (κ1) is 17.9. The zero-order chi connectivity index (χ0) is 19.1. The fourth-order valence-corrected chi connectivity index (χ4v) is 2.50. The second kappa shape index (κ2) is 6.43. The zero-order valence-corrected chi connectivity index (χ0v) is 14.2. The van der Waals surface area contributed by atoms with E-state index in [2.05, 4.69) is 15.1 Å². The molecule has 138 valence electrons. The topological polar surface area (TPSA) is 74.8 Å². The van der Waals surface area contributed by atoms with Gasteiger partial charge in [0, 0.05) is 37.1 Å². The van der Waals surface area contributed by atoms with Gasteiger partial charge in [-0.05, 0) is 19.9 Å². The lowest BCUT2D eigenvalue weighted by Gasteiger charge is -2.20. The number of hydrogen-bond donors (Lipinski definition) is 0. The Hall–Kier alpha value is -2.91. The number of ether oxygens (including phenoxy) is 1. The third-order valence-electron chi connectivity index (χ3n) is 3.77. The van der Waals surface area contributed by atoms with E-state index < -0.39 is 24.1 Å². The highest BCUT2D eigenvalue weighted by molar-refractivity contribution is 5.93. The molecule has 0 aromatic carbocycles. The molecule has 0 aliphatic rings. The molecule has 0 amide bonds. The van der Waals surface area contributed by atoms with Gasteiger partial charge in [0.05, 0.1) is 11.8 Å². The lowest BCUT2D eigenvalue weighted by atomic mass is 10.2. The standard InChI is InChI=1S/C16H16F3N5O2/c1-9(2)24-13-10(8-22-24)6-11(7-21-13)15(25)26-12(16(17,18)19)14-20-4-5-23(14)3/h4-9,12H,1-3H3. The number of halogens is 3. The van der Waals surface area contributed by atoms with Gasteiger partial charge in [-0.2, -0.15) is 18.3 Å². The number of fused-ring (bicyclic) bond motifs is 1. The Labute approximate surface area is 146 Å². The Morgan fingerprint density at radius 3 is 2.54 bits per heavy atom. The number of carbonyl (C=O) groups is 1. The first-order valence-electron chi connectivity index (χ1n) is 7.76. The third kappa shape index (κ3) is 3.26. The average Bonchev–Trinajstić information content (AvgIpc) is 3.16. The normalized spacial score (nSPS) is 13.3. The maximum atomic E-state index is 13.3. The molecule has 26 heavy (non-hydrogen) atoms. The van der Waals surface area contributed by atoms with Crippen LogP contribution in [-0.2, 0) is 11.8 Å². The van der Waals surface area contributed by atoms with E-state index in [4.69, 9.17) is 4.74 Å². The first-order valence-corrected chi connectivity index (χ1v) is 7.76. The fraction of sp³-hybridized carbons (Fsp3) is 0.375. The van der Waals surface area contributed by atoms with Crippen LogP contribution in [0.4, 0.5) is 13.2 Å². The minimum Gasteiger partial charge on any atom is -0.441 e. The second-order valence-corrected chi connectivity index (χ2v) is 6.04. The minimum atomic E-state index is -4.80. The summed E-state index contributed by atoms with van der Waals surface area (Å²) in [5, 5.41) is 4.69. The highest BCUT2D eigenvalue weighted by Crippen LogP contribution is 2.35. The quantitative estimate of drug-likeness (QED) is 0.662. The predicted molar refractivity (Wildman–Crippen MR) is 85.3 cm³/mol. The Morgan fingerprint density at radius 1 is 1.23 bits per heavy atom. The van der Waals surface area contributed by atoms with Gasteiger partial charge < -0.3 is 9.30 Å². The summed E-state index contributed by atoms with van der Waals surface area (Å²) in [6.07, 6.45) is -2.04. The lowest BCUT2D eigenvalue weighted by Crippen LogP contribution is -2.28. The van der Waals surface area contributed by atoms with Crippen molar-refractivity contribution in [2.45, 2.75) is 32.2 Å². The fourth-order valence-electron chi connectivity index (χ4n) is 2.50. The summed E-state index contributed by atoms with van der Waals surface area (Å²) in [5.74, 6) is -1.55. The van der Waals surface area contributed by atoms with Gasteiger partial charge in [-0.15, -0.1) is 0 Å². The Morgan fingerprint density at radius 2 is 1.96 bits per heavy atom. The largest absolute Gasteiger partial charge is 0.441 e. The maximum absolute atomic E-state index is 13.3. The summed E-state index contributed by atoms with van der Waals surface area (Å²) < 4.78 is 47.5. The summed E-state index contributed by atoms with van der Waals surface area (Å²) >= 11 is 0. The molecule has 0 radical (unpaired) electrons. The van der Waals surface area contributed by atoms with Gasteiger partial charge >= 0.3 is 12.1 Å². The van der Waals surface area contributed by atoms with Crippen molar-refractivity contribution >= 4 is 17.0 Å². The van der Waals surface area contributed by atoms with Crippen LogP contribution in [0.3, 0.4) is 0 Å². The van der Waals surface area contributed by atoms with Gasteiger partial charge in [-0.3, -0.25) is 0 Å². The minimum absolute atomic E-state index is 0.0517. The van der Waals surface area contributed by atoms with Gasteiger partial charge in [-0.25, -0.2) is 19.4 Å². The molecule has 0 saturated carbocycles. The van der Waals surface area contributed by atoms with Crippen molar-refractivity contribution in [3.05, 3.63) is 42.2 Å². The van der Waals surface area contributed by atoms with Gasteiger partial charge in [0.15, 0.2) is 11.5 Å². The monoisotopic (exact) mass is 367 g/mol. The summed E-state index contributed by atoms with van der Waals surface area (Å²) in [4.78, 5) is 20.0. The first-order chi connectivity index (χ1) is 12.2. The molecule has 10 heteroatoms. The second-order valence-electron chi connectivity index (χ2n) is 6.04. The van der Waals surface area contributed by atoms with Crippen LogP contribution in [0.5, 0.6) is 0 Å². The number of nitrogens with zero attached hydrogens (tertiary/aromatic N) is 5. The number of hydrogen-bond acceptors (Lipinski definition) is 5. The molecule has 0 saturated heterocycles. The number of esters is 1. The van der Waals surface area contributed by atoms with Crippen LogP contribution in [-0.4, -0.2) is 36.5 Å². The number of aromatic nitrogens is 5. The molecule has 3 aromatic rings. The molecule has 7 nitrogen and oxygen atoms in total. The average molecular weight is 367 g/mol. The predicted octanol–water partition coefficient (Wildman–Crippen LogP) is 3.21. The maximum Gasteiger partial charge on any atom is 0.432 e. The molecule has 0 fully saturated rings. The van der Waals surface area contributed by atoms with E-state index in [1.54, 1.807) is 4.68 Å². The number of alkyl halides is 3. The number of aryl methyl sites for hydroxylation is 1. The Balaban J connectivity index is 1.90. The van der Waals surface area contributed by atoms with Gasteiger partial charge in [-0.1, -0.05) is 0 Å². The van der Waals surface area contributed by atoms with Gasteiger partial charge in [0.2, 0.25) is 0 Å². The SMILES string of the molecule is CC(C)n1ncc2cc(C(=O)OC(c3nccn3C)C(F)(F)F)cnc21. The highest BCUT2D eigenvalue weighted by atomic mass is 19.4. The molecule has 0 N–H and O–H groups in total. The highest BCUT2D eigenvalue weighted by Gasteiger charge is 2.46. The summed E-state index contributed by atoms with van der Waals surface area (Å²) in [7, 11) is 1.39. The van der Waals surface area contributed by atoms with Gasteiger partial charge in [0.25, 0.3) is 6.10 Å². The molecule has 1 atom stereocenters. The van der Waals surface area contributed by atoms with E-state index in [-0.39, 0.29) is 11.6 Å². The number of imidazole rings is 1. The molecule has 0 aliphatic carbocycles. The van der Waals surface area contributed by atoms with Crippen LogP contribution < -0.4 is 0 Å². The van der Waals surface area contributed by atoms with Crippen molar-refractivity contribution in [1.82, 2.24) is 24.3 Å². The van der Waals surface area contributed by atoms with Crippen molar-refractivity contribution in [3.8, 4) is 0 Å². The van der Waals surface area contributed by atoms with E-state index in [1.807, 2.05) is 13.8 Å². The van der Waals surface area contributed by atoms with Crippen LogP contribution in [0.1, 0.15) is 42.2 Å². The molecule has 0 aliphatic heterocycles. The van der Waals surface area contributed by atoms with Crippen molar-refractivity contribution in [1.29, 1.82) is 0 Å². The van der Waals surface area contributed by atoms with Crippen molar-refractivity contribution < 1.29 is 22.7 Å². The smallest absolute Gasteiger partial charge is 0.432 e. The van der Waals surface area contributed by atoms with Crippen LogP contribution in [0.2, 0.25) is 0 Å². The number of rotatable bonds is 4. The molecule has 0 bridgehead atoms. The third-order valence-corrected chi connectivity index (χ3v) is 3.77. The Kier molecular flexibility index (Phi) is 4.43.